The molecule has 0 saturated carbocycles. The first-order valence-corrected chi connectivity index (χ1v) is 12.2. The molecule has 3 heteroatoms. The Morgan fingerprint density at radius 1 is 0.583 bits per heavy atom. The van der Waals surface area contributed by atoms with E-state index >= 15 is 0 Å². The summed E-state index contributed by atoms with van der Waals surface area (Å²) in [6.45, 7) is 4.46. The third-order valence-electron chi connectivity index (χ3n) is 7.35. The van der Waals surface area contributed by atoms with Gasteiger partial charge in [-0.2, -0.15) is 0 Å². The lowest BCUT2D eigenvalue weighted by Gasteiger charge is -2.36. The maximum Gasteiger partial charge on any atom is 0.132 e. The van der Waals surface area contributed by atoms with Gasteiger partial charge in [-0.1, -0.05) is 68.4 Å². The lowest BCUT2D eigenvalue weighted by atomic mass is 9.72. The van der Waals surface area contributed by atoms with Crippen LogP contribution in [0.15, 0.2) is 103 Å². The first-order chi connectivity index (χ1) is 17.5. The molecule has 0 bridgehead atoms. The molecule has 6 aromatic carbocycles. The van der Waals surface area contributed by atoms with Crippen molar-refractivity contribution in [3.8, 4) is 28.7 Å². The molecule has 6 aromatic rings. The number of hydrogen-bond donors (Lipinski definition) is 1. The van der Waals surface area contributed by atoms with Crippen LogP contribution >= 0.6 is 0 Å². The molecule has 7 rings (SSSR count). The van der Waals surface area contributed by atoms with Crippen LogP contribution in [-0.2, 0) is 5.41 Å². The van der Waals surface area contributed by atoms with Gasteiger partial charge in [-0.05, 0) is 80.8 Å². The quantitative estimate of drug-likeness (QED) is 0.275. The van der Waals surface area contributed by atoms with Crippen LogP contribution < -0.4 is 9.47 Å². The molecule has 0 spiro atoms. The van der Waals surface area contributed by atoms with E-state index in [1.54, 1.807) is 6.07 Å². The van der Waals surface area contributed by atoms with Gasteiger partial charge in [0.25, 0.3) is 0 Å². The molecule has 3 nitrogen and oxygen atoms in total. The molecule has 174 valence electrons. The zero-order chi connectivity index (χ0) is 24.4. The Morgan fingerprint density at radius 3 is 1.86 bits per heavy atom. The third-order valence-corrected chi connectivity index (χ3v) is 7.35. The first kappa shape index (κ1) is 20.8. The fourth-order valence-electron chi connectivity index (χ4n) is 5.70. The van der Waals surface area contributed by atoms with E-state index < -0.39 is 0 Å². The Bertz CT molecular complexity index is 1830. The van der Waals surface area contributed by atoms with E-state index in [4.69, 9.17) is 9.47 Å². The summed E-state index contributed by atoms with van der Waals surface area (Å²) in [5.74, 6) is 3.51. The van der Waals surface area contributed by atoms with E-state index in [9.17, 15) is 5.11 Å². The number of aromatic hydroxyl groups is 1. The Hall–Kier alpha value is -4.50. The second-order valence-corrected chi connectivity index (χ2v) is 10.0. The molecular weight excluding hydrogens is 444 g/mol. The minimum Gasteiger partial charge on any atom is -0.508 e. The molecule has 1 N–H and O–H groups in total. The Balaban J connectivity index is 1.39. The van der Waals surface area contributed by atoms with E-state index in [2.05, 4.69) is 62.4 Å². The Morgan fingerprint density at radius 2 is 1.14 bits per heavy atom. The molecule has 1 heterocycles. The number of phenolic OH excluding ortho intramolecular Hbond substituents is 1. The highest BCUT2D eigenvalue weighted by Gasteiger charge is 2.37. The number of benzene rings is 6. The highest BCUT2D eigenvalue weighted by molar-refractivity contribution is 5.96. The van der Waals surface area contributed by atoms with Gasteiger partial charge in [0.1, 0.15) is 28.7 Å². The van der Waals surface area contributed by atoms with Crippen LogP contribution in [0, 0.1) is 0 Å². The van der Waals surface area contributed by atoms with Gasteiger partial charge >= 0.3 is 0 Å². The van der Waals surface area contributed by atoms with Crippen LogP contribution in [0.5, 0.6) is 28.7 Å². The molecule has 0 radical (unpaired) electrons. The van der Waals surface area contributed by atoms with Gasteiger partial charge in [-0.15, -0.1) is 0 Å². The van der Waals surface area contributed by atoms with Crippen LogP contribution in [0.3, 0.4) is 0 Å². The molecule has 0 amide bonds. The minimum atomic E-state index is -0.364. The minimum absolute atomic E-state index is 0.251. The number of fused-ring (bicyclic) bond motifs is 7. The van der Waals surface area contributed by atoms with Crippen LogP contribution in [0.1, 0.15) is 25.0 Å². The van der Waals surface area contributed by atoms with Crippen molar-refractivity contribution in [1.82, 2.24) is 0 Å². The van der Waals surface area contributed by atoms with Crippen LogP contribution in [0.25, 0.3) is 32.3 Å². The van der Waals surface area contributed by atoms with Gasteiger partial charge in [0.15, 0.2) is 0 Å². The van der Waals surface area contributed by atoms with Crippen LogP contribution in [0.2, 0.25) is 0 Å². The lowest BCUT2D eigenvalue weighted by Crippen LogP contribution is -2.25. The standard InChI is InChI=1S/C33H24O3/c1-33(2)31-27-18-24(34)12-7-21(27)10-15-29(31)36-30-16-11-22-9-14-26(19-28(22)32(30)33)35-25-13-8-20-5-3-4-6-23(20)17-25/h3-19,34H,1-2H3. The monoisotopic (exact) mass is 468 g/mol. The van der Waals surface area contributed by atoms with Gasteiger partial charge in [-0.3, -0.25) is 0 Å². The summed E-state index contributed by atoms with van der Waals surface area (Å²) in [6.07, 6.45) is 0. The van der Waals surface area contributed by atoms with Crippen LogP contribution in [0.4, 0.5) is 0 Å². The van der Waals surface area contributed by atoms with E-state index in [1.807, 2.05) is 48.5 Å². The van der Waals surface area contributed by atoms with E-state index in [0.29, 0.717) is 0 Å². The van der Waals surface area contributed by atoms with E-state index in [0.717, 1.165) is 61.1 Å². The largest absolute Gasteiger partial charge is 0.508 e. The first-order valence-electron chi connectivity index (χ1n) is 12.2. The highest BCUT2D eigenvalue weighted by Crippen LogP contribution is 2.53. The molecule has 1 aliphatic rings. The predicted octanol–water partition coefficient (Wildman–Crippen LogP) is 9.08. The lowest BCUT2D eigenvalue weighted by molar-refractivity contribution is 0.423. The van der Waals surface area contributed by atoms with Crippen molar-refractivity contribution in [3.63, 3.8) is 0 Å². The van der Waals surface area contributed by atoms with Crippen molar-refractivity contribution in [2.24, 2.45) is 0 Å². The summed E-state index contributed by atoms with van der Waals surface area (Å²) >= 11 is 0. The normalized spacial score (nSPS) is 13.8. The fraction of sp³-hybridized carbons (Fsp3) is 0.0909. The molecule has 1 aliphatic heterocycles. The van der Waals surface area contributed by atoms with E-state index in [-0.39, 0.29) is 11.2 Å². The molecule has 0 atom stereocenters. The van der Waals surface area contributed by atoms with Gasteiger partial charge in [-0.25, -0.2) is 0 Å². The Labute approximate surface area is 209 Å². The van der Waals surface area contributed by atoms with Gasteiger partial charge in [0.05, 0.1) is 0 Å². The van der Waals surface area contributed by atoms with Crippen molar-refractivity contribution >= 4 is 32.3 Å². The van der Waals surface area contributed by atoms with Crippen molar-refractivity contribution in [3.05, 3.63) is 114 Å². The highest BCUT2D eigenvalue weighted by atomic mass is 16.5. The zero-order valence-corrected chi connectivity index (χ0v) is 20.1. The molecule has 0 fully saturated rings. The molecule has 36 heavy (non-hydrogen) atoms. The second-order valence-electron chi connectivity index (χ2n) is 10.0. The molecular formula is C33H24O3. The molecule has 0 aliphatic carbocycles. The topological polar surface area (TPSA) is 38.7 Å². The van der Waals surface area contributed by atoms with Crippen molar-refractivity contribution in [2.45, 2.75) is 19.3 Å². The summed E-state index contributed by atoms with van der Waals surface area (Å²) in [7, 11) is 0. The maximum atomic E-state index is 10.3. The maximum absolute atomic E-state index is 10.3. The van der Waals surface area contributed by atoms with Crippen molar-refractivity contribution in [2.75, 3.05) is 0 Å². The fourth-order valence-corrected chi connectivity index (χ4v) is 5.70. The summed E-state index contributed by atoms with van der Waals surface area (Å²) < 4.78 is 12.8. The SMILES string of the molecule is CC1(C)c2c(ccc3ccc(O)cc23)Oc2ccc3ccc(Oc4ccc5ccccc5c4)cc3c21. The van der Waals surface area contributed by atoms with Gasteiger partial charge < -0.3 is 14.6 Å². The average molecular weight is 469 g/mol. The van der Waals surface area contributed by atoms with Crippen molar-refractivity contribution < 1.29 is 14.6 Å². The third kappa shape index (κ3) is 3.13. The molecule has 0 unspecified atom stereocenters. The second kappa shape index (κ2) is 7.50. The van der Waals surface area contributed by atoms with Crippen LogP contribution in [-0.4, -0.2) is 5.11 Å². The number of rotatable bonds is 2. The Kier molecular flexibility index (Phi) is 4.34. The summed E-state index contributed by atoms with van der Waals surface area (Å²) in [4.78, 5) is 0. The van der Waals surface area contributed by atoms with Gasteiger partial charge in [0, 0.05) is 16.5 Å². The van der Waals surface area contributed by atoms with Gasteiger partial charge in [0.2, 0.25) is 0 Å². The summed E-state index contributed by atoms with van der Waals surface area (Å²) in [5.41, 5.74) is 1.83. The molecule has 0 aromatic heterocycles. The predicted molar refractivity (Wildman–Crippen MR) is 146 cm³/mol. The molecule has 0 saturated heterocycles. The zero-order valence-electron chi connectivity index (χ0n) is 20.1. The van der Waals surface area contributed by atoms with E-state index in [1.165, 1.54) is 5.39 Å². The number of hydrogen-bond acceptors (Lipinski definition) is 3. The summed E-state index contributed by atoms with van der Waals surface area (Å²) in [6, 6.07) is 34.4. The average Bonchev–Trinajstić information content (AvgIpc) is 2.87. The number of ether oxygens (including phenoxy) is 2. The summed E-state index contributed by atoms with van der Waals surface area (Å²) in [5, 5.41) is 16.9. The van der Waals surface area contributed by atoms with Crippen molar-refractivity contribution in [1.29, 1.82) is 0 Å². The smallest absolute Gasteiger partial charge is 0.132 e. The number of phenols is 1.